The van der Waals surface area contributed by atoms with E-state index in [-0.39, 0.29) is 23.3 Å². The number of halogens is 1. The lowest BCUT2D eigenvalue weighted by atomic mass is 10.0. The fourth-order valence-corrected chi connectivity index (χ4v) is 4.16. The monoisotopic (exact) mass is 510 g/mol. The van der Waals surface area contributed by atoms with Crippen LogP contribution in [0.15, 0.2) is 72.9 Å². The van der Waals surface area contributed by atoms with Crippen LogP contribution < -0.4 is 10.2 Å². The minimum absolute atomic E-state index is 0.0480. The molecule has 4 aromatic rings. The van der Waals surface area contributed by atoms with Gasteiger partial charge in [-0.15, -0.1) is 0 Å². The second-order valence-electron chi connectivity index (χ2n) is 9.40. The molecule has 0 saturated heterocycles. The average Bonchev–Trinajstić information content (AvgIpc) is 2.91. The maximum Gasteiger partial charge on any atom is 0.229 e. The topological polar surface area (TPSA) is 75.2 Å². The highest BCUT2D eigenvalue weighted by atomic mass is 19.1. The second kappa shape index (κ2) is 11.8. The number of carbonyl (C=O) groups excluding carboxylic acids is 2. The summed E-state index contributed by atoms with van der Waals surface area (Å²) in [5.74, 6) is -0.0755. The Kier molecular flexibility index (Phi) is 8.26. The Morgan fingerprint density at radius 1 is 0.921 bits per heavy atom. The van der Waals surface area contributed by atoms with E-state index in [0.29, 0.717) is 30.5 Å². The lowest BCUT2D eigenvalue weighted by Crippen LogP contribution is -2.15. The maximum atomic E-state index is 14.7. The highest BCUT2D eigenvalue weighted by Crippen LogP contribution is 2.27. The Morgan fingerprint density at radius 2 is 1.55 bits per heavy atom. The Balaban J connectivity index is 1.46. The van der Waals surface area contributed by atoms with Gasteiger partial charge in [-0.2, -0.15) is 4.98 Å². The quantitative estimate of drug-likeness (QED) is 0.240. The predicted octanol–water partition coefficient (Wildman–Crippen LogP) is 6.69. The lowest BCUT2D eigenvalue weighted by Gasteiger charge is -2.20. The van der Waals surface area contributed by atoms with E-state index in [0.717, 1.165) is 34.1 Å². The molecule has 0 bridgehead atoms. The average molecular weight is 511 g/mol. The first-order chi connectivity index (χ1) is 18.2. The van der Waals surface area contributed by atoms with Crippen molar-refractivity contribution >= 4 is 34.7 Å². The molecule has 4 rings (SSSR count). The van der Waals surface area contributed by atoms with Crippen molar-refractivity contribution in [1.82, 2.24) is 9.97 Å². The second-order valence-corrected chi connectivity index (χ2v) is 9.40. The van der Waals surface area contributed by atoms with Gasteiger partial charge < -0.3 is 10.2 Å². The molecule has 0 aliphatic carbocycles. The van der Waals surface area contributed by atoms with E-state index in [1.807, 2.05) is 81.4 Å². The third-order valence-electron chi connectivity index (χ3n) is 6.41. The van der Waals surface area contributed by atoms with E-state index in [2.05, 4.69) is 15.3 Å². The van der Waals surface area contributed by atoms with Gasteiger partial charge in [-0.1, -0.05) is 55.0 Å². The zero-order chi connectivity index (χ0) is 27.2. The zero-order valence-electron chi connectivity index (χ0n) is 22.1. The van der Waals surface area contributed by atoms with Crippen LogP contribution in [0.4, 0.5) is 27.5 Å². The fraction of sp³-hybridized carbons (Fsp3) is 0.226. The van der Waals surface area contributed by atoms with Gasteiger partial charge in [0.25, 0.3) is 0 Å². The Hall–Kier alpha value is -4.39. The lowest BCUT2D eigenvalue weighted by molar-refractivity contribution is -0.117. The van der Waals surface area contributed by atoms with Crippen molar-refractivity contribution in [2.45, 2.75) is 40.0 Å². The Labute approximate surface area is 222 Å². The van der Waals surface area contributed by atoms with Crippen molar-refractivity contribution < 1.29 is 14.0 Å². The molecule has 0 fully saturated rings. The van der Waals surface area contributed by atoms with Crippen LogP contribution in [0.1, 0.15) is 46.0 Å². The molecule has 1 aromatic heterocycles. The number of Topliss-reactive ketones (excluding diaryl/α,β-unsaturated/α-hetero) is 2. The van der Waals surface area contributed by atoms with Crippen LogP contribution >= 0.6 is 0 Å². The summed E-state index contributed by atoms with van der Waals surface area (Å²) < 4.78 is 14.7. The number of nitrogens with one attached hydrogen (secondary N) is 1. The van der Waals surface area contributed by atoms with Gasteiger partial charge in [0, 0.05) is 43.2 Å². The van der Waals surface area contributed by atoms with Gasteiger partial charge in [-0.3, -0.25) is 9.59 Å². The summed E-state index contributed by atoms with van der Waals surface area (Å²) in [6.45, 7) is 5.73. The highest BCUT2D eigenvalue weighted by Gasteiger charge is 2.15. The number of rotatable bonds is 10. The van der Waals surface area contributed by atoms with Crippen LogP contribution in [-0.2, 0) is 17.6 Å². The van der Waals surface area contributed by atoms with E-state index in [1.54, 1.807) is 18.0 Å². The third-order valence-corrected chi connectivity index (χ3v) is 6.41. The molecule has 1 N–H and O–H groups in total. The number of anilines is 4. The van der Waals surface area contributed by atoms with E-state index in [4.69, 9.17) is 0 Å². The zero-order valence-corrected chi connectivity index (χ0v) is 22.1. The van der Waals surface area contributed by atoms with Gasteiger partial charge in [0.05, 0.1) is 6.20 Å². The molecule has 3 aromatic carbocycles. The molecule has 0 spiro atoms. The van der Waals surface area contributed by atoms with E-state index < -0.39 is 5.82 Å². The molecule has 1 heterocycles. The Morgan fingerprint density at radius 3 is 2.18 bits per heavy atom. The summed E-state index contributed by atoms with van der Waals surface area (Å²) in [4.78, 5) is 34.8. The molecular weight excluding hydrogens is 479 g/mol. The van der Waals surface area contributed by atoms with Crippen LogP contribution in [0.25, 0.3) is 0 Å². The summed E-state index contributed by atoms with van der Waals surface area (Å²) >= 11 is 0. The molecule has 194 valence electrons. The number of hydrogen-bond donors (Lipinski definition) is 1. The number of benzene rings is 3. The molecule has 38 heavy (non-hydrogen) atoms. The molecule has 0 saturated carbocycles. The van der Waals surface area contributed by atoms with E-state index in [1.165, 1.54) is 0 Å². The van der Waals surface area contributed by atoms with Gasteiger partial charge >= 0.3 is 0 Å². The maximum absolute atomic E-state index is 14.7. The largest absolute Gasteiger partial charge is 0.327 e. The van der Waals surface area contributed by atoms with Gasteiger partial charge in [0.1, 0.15) is 5.78 Å². The van der Waals surface area contributed by atoms with E-state index in [9.17, 15) is 14.0 Å². The van der Waals surface area contributed by atoms with Crippen LogP contribution in [-0.4, -0.2) is 28.6 Å². The number of aromatic nitrogens is 2. The number of aryl methyl sites for hydroxylation is 2. The molecule has 0 unspecified atom stereocenters. The number of nitrogens with zero attached hydrogens (tertiary/aromatic N) is 3. The predicted molar refractivity (Wildman–Crippen MR) is 149 cm³/mol. The van der Waals surface area contributed by atoms with Crippen molar-refractivity contribution in [3.63, 3.8) is 0 Å². The molecule has 0 amide bonds. The third kappa shape index (κ3) is 6.48. The first kappa shape index (κ1) is 26.7. The van der Waals surface area contributed by atoms with Crippen LogP contribution in [0, 0.1) is 19.7 Å². The van der Waals surface area contributed by atoms with Crippen molar-refractivity contribution in [1.29, 1.82) is 0 Å². The van der Waals surface area contributed by atoms with Gasteiger partial charge in [0.2, 0.25) is 5.95 Å². The van der Waals surface area contributed by atoms with Crippen LogP contribution in [0.3, 0.4) is 0 Å². The first-order valence-corrected chi connectivity index (χ1v) is 12.6. The Bertz CT molecular complexity index is 1450. The molecule has 6 nitrogen and oxygen atoms in total. The number of hydrogen-bond acceptors (Lipinski definition) is 6. The standard InChI is InChI=1S/C31H31FN4O2/c1-5-29(38)27-18-24(13-8-21(27)3)34-31-33-19-28(32)30(35-31)36(4)25-14-11-23(12-15-25)17-26(37)16-22-9-6-20(2)7-10-22/h6-15,18-19H,5,16-17H2,1-4H3,(H,33,34,35). The summed E-state index contributed by atoms with van der Waals surface area (Å²) in [5.41, 5.74) is 5.94. The highest BCUT2D eigenvalue weighted by molar-refractivity contribution is 5.98. The summed E-state index contributed by atoms with van der Waals surface area (Å²) in [7, 11) is 1.72. The molecule has 0 aliphatic rings. The smallest absolute Gasteiger partial charge is 0.229 e. The van der Waals surface area contributed by atoms with Crippen molar-refractivity contribution in [2.75, 3.05) is 17.3 Å². The van der Waals surface area contributed by atoms with E-state index >= 15 is 0 Å². The normalized spacial score (nSPS) is 10.8. The van der Waals surface area contributed by atoms with Gasteiger partial charge in [0.15, 0.2) is 17.4 Å². The minimum Gasteiger partial charge on any atom is -0.327 e. The summed E-state index contributed by atoms with van der Waals surface area (Å²) in [6, 6.07) is 20.8. The minimum atomic E-state index is -0.568. The van der Waals surface area contributed by atoms with Crippen LogP contribution in [0.5, 0.6) is 0 Å². The molecule has 0 aliphatic heterocycles. The van der Waals surface area contributed by atoms with Crippen LogP contribution in [0.2, 0.25) is 0 Å². The first-order valence-electron chi connectivity index (χ1n) is 12.6. The SMILES string of the molecule is CCC(=O)c1cc(Nc2ncc(F)c(N(C)c3ccc(CC(=O)Cc4ccc(C)cc4)cc3)n2)ccc1C. The number of carbonyl (C=O) groups is 2. The molecule has 0 radical (unpaired) electrons. The molecule has 7 heteroatoms. The van der Waals surface area contributed by atoms with Crippen molar-refractivity contribution in [2.24, 2.45) is 0 Å². The van der Waals surface area contributed by atoms with Gasteiger partial charge in [-0.25, -0.2) is 9.37 Å². The van der Waals surface area contributed by atoms with Crippen molar-refractivity contribution in [3.8, 4) is 0 Å². The number of ketones is 2. The van der Waals surface area contributed by atoms with Gasteiger partial charge in [-0.05, 0) is 54.8 Å². The molecule has 0 atom stereocenters. The summed E-state index contributed by atoms with van der Waals surface area (Å²) in [6.07, 6.45) is 2.24. The summed E-state index contributed by atoms with van der Waals surface area (Å²) in [5, 5.41) is 3.07. The fourth-order valence-electron chi connectivity index (χ4n) is 4.16. The molecular formula is C31H31FN4O2. The van der Waals surface area contributed by atoms with Crippen molar-refractivity contribution in [3.05, 3.63) is 107 Å².